The molecule has 0 bridgehead atoms. The van der Waals surface area contributed by atoms with E-state index in [4.69, 9.17) is 4.74 Å². The Hall–Kier alpha value is -2.62. The van der Waals surface area contributed by atoms with E-state index in [1.165, 1.54) is 25.3 Å². The zero-order chi connectivity index (χ0) is 13.8. The van der Waals surface area contributed by atoms with E-state index in [-0.39, 0.29) is 17.1 Å². The largest absolute Gasteiger partial charge is 0.486 e. The van der Waals surface area contributed by atoms with Crippen molar-refractivity contribution in [2.45, 2.75) is 6.61 Å². The topological polar surface area (TPSA) is 64.2 Å². The van der Waals surface area contributed by atoms with Gasteiger partial charge in [0.05, 0.1) is 18.4 Å². The van der Waals surface area contributed by atoms with E-state index >= 15 is 0 Å². The third-order valence-electron chi connectivity index (χ3n) is 2.19. The van der Waals surface area contributed by atoms with Gasteiger partial charge in [-0.15, -0.1) is 0 Å². The third-order valence-corrected chi connectivity index (χ3v) is 2.19. The van der Waals surface area contributed by atoms with Crippen molar-refractivity contribution in [1.82, 2.24) is 10.2 Å². The number of hydrogen-bond acceptors (Lipinski definition) is 4. The van der Waals surface area contributed by atoms with Crippen molar-refractivity contribution in [2.75, 3.05) is 7.11 Å². The molecule has 0 fully saturated rings. The number of ether oxygens (including phenoxy) is 2. The number of nitrogens with one attached hydrogen (secondary N) is 1. The molecule has 0 unspecified atom stereocenters. The second-order valence-electron chi connectivity index (χ2n) is 3.39. The van der Waals surface area contributed by atoms with Crippen molar-refractivity contribution in [3.8, 4) is 0 Å². The summed E-state index contributed by atoms with van der Waals surface area (Å²) in [5.41, 5.74) is 5.53. The predicted molar refractivity (Wildman–Crippen MR) is 61.0 cm³/mol. The molecule has 2 rings (SSSR count). The number of hydrogen-bond donors (Lipinski definition) is 1. The van der Waals surface area contributed by atoms with Crippen molar-refractivity contribution in [1.29, 1.82) is 0 Å². The first-order valence-electron chi connectivity index (χ1n) is 5.13. The van der Waals surface area contributed by atoms with Crippen LogP contribution in [-0.2, 0) is 9.47 Å². The molecule has 1 aliphatic carbocycles. The summed E-state index contributed by atoms with van der Waals surface area (Å²) in [4.78, 5) is 10.9. The van der Waals surface area contributed by atoms with E-state index in [0.29, 0.717) is 11.3 Å². The van der Waals surface area contributed by atoms with Crippen molar-refractivity contribution >= 4 is 5.57 Å². The van der Waals surface area contributed by atoms with Gasteiger partial charge in [0.15, 0.2) is 5.76 Å². The summed E-state index contributed by atoms with van der Waals surface area (Å²) in [7, 11) is 1.30. The fourth-order valence-electron chi connectivity index (χ4n) is 1.39. The maximum atomic E-state index is 12.3. The van der Waals surface area contributed by atoms with Crippen molar-refractivity contribution in [2.24, 2.45) is 0 Å². The van der Waals surface area contributed by atoms with Gasteiger partial charge in [-0.1, -0.05) is 5.73 Å². The average Bonchev–Trinajstić information content (AvgIpc) is 2.39. The summed E-state index contributed by atoms with van der Waals surface area (Å²) in [5, 5.41) is 5.98. The number of H-pyrrole nitrogens is 1. The lowest BCUT2D eigenvalue weighted by Crippen LogP contribution is -2.08. The Kier molecular flexibility index (Phi) is 3.61. The Morgan fingerprint density at radius 2 is 2.16 bits per heavy atom. The van der Waals surface area contributed by atoms with E-state index in [0.717, 1.165) is 0 Å². The molecule has 0 spiro atoms. The first-order chi connectivity index (χ1) is 9.10. The molecule has 7 heteroatoms. The van der Waals surface area contributed by atoms with E-state index in [1.807, 2.05) is 0 Å². The molecule has 0 saturated carbocycles. The van der Waals surface area contributed by atoms with Crippen LogP contribution in [0.5, 0.6) is 0 Å². The molecule has 0 atom stereocenters. The number of alkyl halides is 2. The van der Waals surface area contributed by atoms with E-state index < -0.39 is 6.61 Å². The second kappa shape index (κ2) is 5.35. The minimum Gasteiger partial charge on any atom is -0.486 e. The lowest BCUT2D eigenvalue weighted by Gasteiger charge is -2.12. The minimum absolute atomic E-state index is 0.00785. The van der Waals surface area contributed by atoms with Crippen LogP contribution in [0.4, 0.5) is 8.78 Å². The van der Waals surface area contributed by atoms with Gasteiger partial charge in [0, 0.05) is 12.1 Å². The van der Waals surface area contributed by atoms with Crippen LogP contribution in [0.25, 0.3) is 5.57 Å². The van der Waals surface area contributed by atoms with Crippen LogP contribution in [-0.4, -0.2) is 23.9 Å². The van der Waals surface area contributed by atoms with Gasteiger partial charge in [-0.05, 0) is 11.8 Å². The van der Waals surface area contributed by atoms with Crippen LogP contribution in [0.3, 0.4) is 0 Å². The molecular formula is C12H8F2N2O3. The van der Waals surface area contributed by atoms with Crippen LogP contribution in [0, 0.1) is 0 Å². The van der Waals surface area contributed by atoms with Crippen molar-refractivity contribution < 1.29 is 18.3 Å². The molecule has 1 aromatic heterocycles. The molecule has 0 saturated heterocycles. The highest BCUT2D eigenvalue weighted by Gasteiger charge is 2.17. The molecule has 0 aliphatic heterocycles. The Balaban J connectivity index is 2.43. The smallest absolute Gasteiger partial charge is 0.387 e. The molecule has 98 valence electrons. The standard InChI is InChI=1S/C12H8F2N2O3/c1-18-9-4-2-7(6-10(9)19-12(13)14)8-3-5-11(17)16-15-8/h3,5-6,12H,1H3,(H,16,17). The van der Waals surface area contributed by atoms with Gasteiger partial charge in [-0.25, -0.2) is 5.10 Å². The fourth-order valence-corrected chi connectivity index (χ4v) is 1.39. The zero-order valence-corrected chi connectivity index (χ0v) is 9.74. The Morgan fingerprint density at radius 3 is 2.74 bits per heavy atom. The second-order valence-corrected chi connectivity index (χ2v) is 3.39. The number of allylic oxidation sites excluding steroid dienone is 2. The van der Waals surface area contributed by atoms with Crippen LogP contribution in [0.15, 0.2) is 46.0 Å². The molecule has 19 heavy (non-hydrogen) atoms. The number of aromatic nitrogens is 2. The summed E-state index contributed by atoms with van der Waals surface area (Å²) < 4.78 is 33.7. The molecule has 0 amide bonds. The maximum absolute atomic E-state index is 12.3. The first kappa shape index (κ1) is 12.8. The molecule has 1 aromatic rings. The average molecular weight is 266 g/mol. The quantitative estimate of drug-likeness (QED) is 0.840. The highest BCUT2D eigenvalue weighted by atomic mass is 19.3. The van der Waals surface area contributed by atoms with Gasteiger partial charge in [-0.3, -0.25) is 4.79 Å². The summed E-state index contributed by atoms with van der Waals surface area (Å²) >= 11 is 0. The Labute approximate surface area is 106 Å². The van der Waals surface area contributed by atoms with Crippen molar-refractivity contribution in [3.05, 3.63) is 57.2 Å². The number of methoxy groups -OCH3 is 1. The summed E-state index contributed by atoms with van der Waals surface area (Å²) in [5.74, 6) is -0.173. The predicted octanol–water partition coefficient (Wildman–Crippen LogP) is 1.57. The molecule has 1 aliphatic rings. The van der Waals surface area contributed by atoms with Crippen molar-refractivity contribution in [3.63, 3.8) is 0 Å². The molecule has 5 nitrogen and oxygen atoms in total. The highest BCUT2D eigenvalue weighted by molar-refractivity contribution is 5.73. The third kappa shape index (κ3) is 2.98. The molecule has 0 aromatic carbocycles. The number of halogens is 2. The van der Waals surface area contributed by atoms with Crippen LogP contribution < -0.4 is 5.56 Å². The van der Waals surface area contributed by atoms with E-state index in [9.17, 15) is 13.6 Å². The SMILES string of the molecule is COC1=C=C=C(c2ccc(=O)[nH]n2)C=C1OC(F)F. The molecule has 1 N–H and O–H groups in total. The summed E-state index contributed by atoms with van der Waals surface area (Å²) in [6.45, 7) is -2.99. The molecular weight excluding hydrogens is 258 g/mol. The summed E-state index contributed by atoms with van der Waals surface area (Å²) in [6, 6.07) is 2.69. The van der Waals surface area contributed by atoms with Crippen LogP contribution in [0.1, 0.15) is 5.69 Å². The number of nitrogens with zero attached hydrogens (tertiary/aromatic N) is 1. The lowest BCUT2D eigenvalue weighted by molar-refractivity contribution is -0.0975. The number of rotatable bonds is 4. The van der Waals surface area contributed by atoms with Crippen LogP contribution >= 0.6 is 0 Å². The summed E-state index contributed by atoms with van der Waals surface area (Å²) in [6.07, 6.45) is 1.28. The monoisotopic (exact) mass is 266 g/mol. The van der Waals surface area contributed by atoms with Gasteiger partial charge < -0.3 is 9.47 Å². The van der Waals surface area contributed by atoms with Gasteiger partial charge in [0.25, 0.3) is 5.56 Å². The normalized spacial score (nSPS) is 13.8. The lowest BCUT2D eigenvalue weighted by atomic mass is 10.1. The number of aromatic amines is 1. The van der Waals surface area contributed by atoms with Gasteiger partial charge in [0.2, 0.25) is 5.76 Å². The van der Waals surface area contributed by atoms with Gasteiger partial charge in [-0.2, -0.15) is 13.9 Å². The highest BCUT2D eigenvalue weighted by Crippen LogP contribution is 2.23. The maximum Gasteiger partial charge on any atom is 0.387 e. The Morgan fingerprint density at radius 1 is 1.37 bits per heavy atom. The van der Waals surface area contributed by atoms with Gasteiger partial charge in [0.1, 0.15) is 0 Å². The minimum atomic E-state index is -2.99. The zero-order valence-electron chi connectivity index (χ0n) is 9.74. The van der Waals surface area contributed by atoms with Gasteiger partial charge >= 0.3 is 6.61 Å². The molecule has 0 radical (unpaired) electrons. The van der Waals surface area contributed by atoms with Crippen LogP contribution in [0.2, 0.25) is 0 Å². The Bertz CT molecular complexity index is 658. The first-order valence-corrected chi connectivity index (χ1v) is 5.13. The fraction of sp³-hybridized carbons (Fsp3) is 0.167. The van der Waals surface area contributed by atoms with E-state index in [1.54, 1.807) is 0 Å². The molecule has 1 heterocycles. The van der Waals surface area contributed by atoms with E-state index in [2.05, 4.69) is 26.4 Å².